The van der Waals surface area contributed by atoms with Crippen LogP contribution in [0, 0.1) is 19.7 Å². The Morgan fingerprint density at radius 3 is 2.40 bits per heavy atom. The van der Waals surface area contributed by atoms with E-state index in [1.165, 1.54) is 6.07 Å². The van der Waals surface area contributed by atoms with Crippen molar-refractivity contribution in [1.29, 1.82) is 0 Å². The number of aromatic nitrogens is 5. The SMILES string of the molecule is Cc1nc(Nc2ncc(N3CCN(C)CC3)c(Nc3cc(C)n(C)n3)n2)ccc1F. The maximum absolute atomic E-state index is 13.5. The number of aryl methyl sites for hydroxylation is 3. The Hall–Kier alpha value is -3.27. The van der Waals surface area contributed by atoms with E-state index in [4.69, 9.17) is 0 Å². The average molecular weight is 411 g/mol. The van der Waals surface area contributed by atoms with Crippen molar-refractivity contribution >= 4 is 29.1 Å². The summed E-state index contributed by atoms with van der Waals surface area (Å²) in [7, 11) is 4.02. The number of nitrogens with one attached hydrogen (secondary N) is 2. The minimum Gasteiger partial charge on any atom is -0.365 e. The van der Waals surface area contributed by atoms with Gasteiger partial charge in [-0.1, -0.05) is 0 Å². The predicted octanol–water partition coefficient (Wildman–Crippen LogP) is 2.60. The Balaban J connectivity index is 1.64. The third kappa shape index (κ3) is 4.33. The van der Waals surface area contributed by atoms with E-state index in [2.05, 4.69) is 47.5 Å². The number of rotatable bonds is 5. The highest BCUT2D eigenvalue weighted by molar-refractivity contribution is 5.71. The zero-order valence-corrected chi connectivity index (χ0v) is 17.6. The lowest BCUT2D eigenvalue weighted by molar-refractivity contribution is 0.313. The van der Waals surface area contributed by atoms with Crippen molar-refractivity contribution in [3.05, 3.63) is 41.6 Å². The monoisotopic (exact) mass is 411 g/mol. The van der Waals surface area contributed by atoms with E-state index in [0.717, 1.165) is 37.6 Å². The van der Waals surface area contributed by atoms with E-state index in [1.807, 2.05) is 24.7 Å². The number of hydrogen-bond acceptors (Lipinski definition) is 8. The second kappa shape index (κ2) is 8.23. The highest BCUT2D eigenvalue weighted by Gasteiger charge is 2.20. The van der Waals surface area contributed by atoms with Crippen LogP contribution in [-0.4, -0.2) is 62.9 Å². The fourth-order valence-corrected chi connectivity index (χ4v) is 3.28. The average Bonchev–Trinajstić information content (AvgIpc) is 3.03. The standard InChI is InChI=1S/C20H26FN9/c1-13-11-18(27-29(13)4)24-19-16(30-9-7-28(3)8-10-30)12-22-20(26-19)25-17-6-5-15(21)14(2)23-17/h5-6,11-12H,7-10H2,1-4H3,(H2,22,23,24,25,26,27). The molecule has 0 bridgehead atoms. The van der Waals surface area contributed by atoms with E-state index < -0.39 is 0 Å². The van der Waals surface area contributed by atoms with Crippen LogP contribution in [0.1, 0.15) is 11.4 Å². The molecule has 0 unspecified atom stereocenters. The van der Waals surface area contributed by atoms with Gasteiger partial charge in [-0.15, -0.1) is 0 Å². The van der Waals surface area contributed by atoms with Gasteiger partial charge in [0, 0.05) is 45.0 Å². The van der Waals surface area contributed by atoms with Gasteiger partial charge in [-0.05, 0) is 33.0 Å². The van der Waals surface area contributed by atoms with Crippen LogP contribution in [0.5, 0.6) is 0 Å². The molecule has 3 aromatic heterocycles. The van der Waals surface area contributed by atoms with Gasteiger partial charge in [0.15, 0.2) is 11.6 Å². The minimum atomic E-state index is -0.347. The Kier molecular flexibility index (Phi) is 5.49. The smallest absolute Gasteiger partial charge is 0.230 e. The van der Waals surface area contributed by atoms with E-state index in [0.29, 0.717) is 29.1 Å². The van der Waals surface area contributed by atoms with Crippen molar-refractivity contribution in [1.82, 2.24) is 29.6 Å². The summed E-state index contributed by atoms with van der Waals surface area (Å²) in [4.78, 5) is 17.9. The molecule has 0 amide bonds. The van der Waals surface area contributed by atoms with Crippen LogP contribution in [-0.2, 0) is 7.05 Å². The second-order valence-corrected chi connectivity index (χ2v) is 7.53. The fraction of sp³-hybridized carbons (Fsp3) is 0.400. The Morgan fingerprint density at radius 2 is 1.73 bits per heavy atom. The summed E-state index contributed by atoms with van der Waals surface area (Å²) >= 11 is 0. The molecule has 1 saturated heterocycles. The highest BCUT2D eigenvalue weighted by atomic mass is 19.1. The molecular weight excluding hydrogens is 385 g/mol. The van der Waals surface area contributed by atoms with Crippen molar-refractivity contribution in [2.75, 3.05) is 48.8 Å². The van der Waals surface area contributed by atoms with Gasteiger partial charge in [-0.2, -0.15) is 10.1 Å². The molecule has 1 aliphatic rings. The Labute approximate surface area is 175 Å². The van der Waals surface area contributed by atoms with Crippen molar-refractivity contribution < 1.29 is 4.39 Å². The van der Waals surface area contributed by atoms with Crippen molar-refractivity contribution in [3.8, 4) is 0 Å². The topological polar surface area (TPSA) is 87.0 Å². The lowest BCUT2D eigenvalue weighted by Crippen LogP contribution is -2.44. The van der Waals surface area contributed by atoms with Gasteiger partial charge in [0.2, 0.25) is 5.95 Å². The first kappa shape index (κ1) is 20.0. The van der Waals surface area contributed by atoms with Gasteiger partial charge < -0.3 is 20.4 Å². The Morgan fingerprint density at radius 1 is 0.967 bits per heavy atom. The largest absolute Gasteiger partial charge is 0.365 e. The van der Waals surface area contributed by atoms with Crippen LogP contribution in [0.25, 0.3) is 0 Å². The summed E-state index contributed by atoms with van der Waals surface area (Å²) < 4.78 is 15.3. The minimum absolute atomic E-state index is 0.316. The lowest BCUT2D eigenvalue weighted by atomic mass is 10.3. The molecule has 4 heterocycles. The third-order valence-electron chi connectivity index (χ3n) is 5.23. The molecule has 2 N–H and O–H groups in total. The van der Waals surface area contributed by atoms with Gasteiger partial charge in [0.25, 0.3) is 0 Å². The normalized spacial score (nSPS) is 14.8. The molecule has 10 heteroatoms. The molecule has 30 heavy (non-hydrogen) atoms. The molecule has 1 fully saturated rings. The van der Waals surface area contributed by atoms with E-state index in [9.17, 15) is 4.39 Å². The number of piperazine rings is 1. The zero-order valence-electron chi connectivity index (χ0n) is 17.6. The van der Waals surface area contributed by atoms with Gasteiger partial charge in [-0.3, -0.25) is 4.68 Å². The first-order valence-electron chi connectivity index (χ1n) is 9.87. The van der Waals surface area contributed by atoms with Crippen molar-refractivity contribution in [3.63, 3.8) is 0 Å². The van der Waals surface area contributed by atoms with Gasteiger partial charge >= 0.3 is 0 Å². The number of anilines is 5. The van der Waals surface area contributed by atoms with Crippen LogP contribution < -0.4 is 15.5 Å². The molecule has 0 spiro atoms. The van der Waals surface area contributed by atoms with E-state index in [1.54, 1.807) is 19.2 Å². The molecule has 0 aliphatic carbocycles. The number of likely N-dealkylation sites (N-methyl/N-ethyl adjacent to an activating group) is 1. The summed E-state index contributed by atoms with van der Waals surface area (Å²) in [6.07, 6.45) is 1.80. The number of nitrogens with zero attached hydrogens (tertiary/aromatic N) is 7. The second-order valence-electron chi connectivity index (χ2n) is 7.53. The molecule has 3 aromatic rings. The molecule has 0 aromatic carbocycles. The van der Waals surface area contributed by atoms with Crippen LogP contribution >= 0.6 is 0 Å². The molecule has 0 radical (unpaired) electrons. The summed E-state index contributed by atoms with van der Waals surface area (Å²) in [6.45, 7) is 7.34. The summed E-state index contributed by atoms with van der Waals surface area (Å²) in [6, 6.07) is 4.91. The van der Waals surface area contributed by atoms with E-state index in [-0.39, 0.29) is 5.82 Å². The Bertz CT molecular complexity index is 1020. The summed E-state index contributed by atoms with van der Waals surface area (Å²) in [5.74, 6) is 1.89. The summed E-state index contributed by atoms with van der Waals surface area (Å²) in [5, 5.41) is 10.9. The van der Waals surface area contributed by atoms with E-state index >= 15 is 0 Å². The predicted molar refractivity (Wildman–Crippen MR) is 115 cm³/mol. The molecular formula is C20H26FN9. The van der Waals surface area contributed by atoms with Crippen molar-refractivity contribution in [2.45, 2.75) is 13.8 Å². The van der Waals surface area contributed by atoms with Crippen LogP contribution in [0.2, 0.25) is 0 Å². The quantitative estimate of drug-likeness (QED) is 0.663. The first-order valence-corrected chi connectivity index (χ1v) is 9.87. The van der Waals surface area contributed by atoms with Gasteiger partial charge in [0.05, 0.1) is 17.6 Å². The van der Waals surface area contributed by atoms with Gasteiger partial charge in [0.1, 0.15) is 11.6 Å². The maximum Gasteiger partial charge on any atom is 0.230 e. The molecule has 9 nitrogen and oxygen atoms in total. The van der Waals surface area contributed by atoms with Gasteiger partial charge in [-0.25, -0.2) is 14.4 Å². The number of hydrogen-bond donors (Lipinski definition) is 2. The molecule has 4 rings (SSSR count). The fourth-order valence-electron chi connectivity index (χ4n) is 3.28. The number of halogens is 1. The molecule has 0 saturated carbocycles. The molecule has 0 atom stereocenters. The van der Waals surface area contributed by atoms with Crippen LogP contribution in [0.15, 0.2) is 24.4 Å². The highest BCUT2D eigenvalue weighted by Crippen LogP contribution is 2.28. The lowest BCUT2D eigenvalue weighted by Gasteiger charge is -2.34. The molecule has 1 aliphatic heterocycles. The maximum atomic E-state index is 13.5. The van der Waals surface area contributed by atoms with Crippen LogP contribution in [0.4, 0.5) is 33.5 Å². The van der Waals surface area contributed by atoms with Crippen molar-refractivity contribution in [2.24, 2.45) is 7.05 Å². The third-order valence-corrected chi connectivity index (χ3v) is 5.23. The van der Waals surface area contributed by atoms with Crippen LogP contribution in [0.3, 0.4) is 0 Å². The molecule has 158 valence electrons. The number of pyridine rings is 1. The summed E-state index contributed by atoms with van der Waals surface area (Å²) in [5.41, 5.74) is 2.27. The first-order chi connectivity index (χ1) is 14.4. The zero-order chi connectivity index (χ0) is 21.3.